The van der Waals surface area contributed by atoms with Gasteiger partial charge in [-0.05, 0) is 91.2 Å². The Hall–Kier alpha value is -5.03. The summed E-state index contributed by atoms with van der Waals surface area (Å²) in [5.74, 6) is 0. The van der Waals surface area contributed by atoms with Crippen LogP contribution in [0.3, 0.4) is 0 Å². The maximum absolute atomic E-state index is 6.19. The van der Waals surface area contributed by atoms with Gasteiger partial charge in [0.1, 0.15) is 0 Å². The Morgan fingerprint density at radius 2 is 1.52 bits per heavy atom. The van der Waals surface area contributed by atoms with Gasteiger partial charge >= 0.3 is 0 Å². The molecule has 6 heteroatoms. The molecular formula is C40H30IrN4O-2. The summed E-state index contributed by atoms with van der Waals surface area (Å²) in [4.78, 5) is 18.1. The number of rotatable bonds is 3. The molecule has 1 radical (unpaired) electrons. The van der Waals surface area contributed by atoms with Gasteiger partial charge in [0.25, 0.3) is 0 Å². The Morgan fingerprint density at radius 1 is 0.652 bits per heavy atom. The molecule has 0 bridgehead atoms. The maximum Gasteiger partial charge on any atom is 0.216 e. The van der Waals surface area contributed by atoms with E-state index < -0.39 is 0 Å². The summed E-state index contributed by atoms with van der Waals surface area (Å²) in [6, 6.07) is 36.9. The predicted molar refractivity (Wildman–Crippen MR) is 182 cm³/mol. The SMILES string of the molecule is Cc1ccc(-c2[c-]cccc2)nc1.Cc1ccc2c(n1)oc1c(-c3cc(-c4ccc5ncccc5c4C)c(C)cn3)[c-]ccc12.[Ir]. The minimum Gasteiger partial charge on any atom is -0.486 e. The second kappa shape index (κ2) is 13.1. The molecule has 0 saturated heterocycles. The topological polar surface area (TPSA) is 64.7 Å². The Balaban J connectivity index is 0.000000223. The molecule has 8 rings (SSSR count). The van der Waals surface area contributed by atoms with Crippen LogP contribution < -0.4 is 0 Å². The van der Waals surface area contributed by atoms with E-state index in [0.717, 1.165) is 66.6 Å². The van der Waals surface area contributed by atoms with Crippen LogP contribution in [0.25, 0.3) is 66.6 Å². The van der Waals surface area contributed by atoms with Gasteiger partial charge in [-0.3, -0.25) is 4.98 Å². The van der Waals surface area contributed by atoms with Crippen molar-refractivity contribution in [1.82, 2.24) is 19.9 Å². The monoisotopic (exact) mass is 775 g/mol. The van der Waals surface area contributed by atoms with E-state index in [1.807, 2.05) is 87.0 Å². The number of hydrogen-bond donors (Lipinski definition) is 0. The second-order valence-corrected chi connectivity index (χ2v) is 11.2. The van der Waals surface area contributed by atoms with Crippen LogP contribution in [-0.4, -0.2) is 19.9 Å². The molecule has 8 aromatic rings. The van der Waals surface area contributed by atoms with Crippen molar-refractivity contribution in [3.63, 3.8) is 0 Å². The zero-order chi connectivity index (χ0) is 30.9. The smallest absolute Gasteiger partial charge is 0.216 e. The van der Waals surface area contributed by atoms with E-state index in [2.05, 4.69) is 77.3 Å². The standard InChI is InChI=1S/C28H20N3O.C12H10N.Ir/c1-16-15-30-26(14-24(16)19-11-12-25-20(18(19)3)8-5-13-29-25)23-7-4-6-21-22-10-9-17(2)31-28(22)32-27(21)23;1-10-7-8-12(13-9-10)11-5-3-2-4-6-11;/h4-6,8-15H,1-3H3;2-5,7-9H,1H3;/q2*-1;. The molecular weight excluding hydrogens is 745 g/mol. The molecule has 3 aromatic carbocycles. The molecule has 0 aliphatic carbocycles. The molecule has 0 aliphatic heterocycles. The molecule has 5 nitrogen and oxygen atoms in total. The van der Waals surface area contributed by atoms with Gasteiger partial charge in [0.15, 0.2) is 0 Å². The normalized spacial score (nSPS) is 10.9. The van der Waals surface area contributed by atoms with Crippen LogP contribution in [0.2, 0.25) is 0 Å². The van der Waals surface area contributed by atoms with E-state index in [4.69, 9.17) is 9.40 Å². The first-order valence-electron chi connectivity index (χ1n) is 14.9. The van der Waals surface area contributed by atoms with Crippen LogP contribution in [0, 0.1) is 39.8 Å². The summed E-state index contributed by atoms with van der Waals surface area (Å²) >= 11 is 0. The van der Waals surface area contributed by atoms with E-state index >= 15 is 0 Å². The molecule has 0 amide bonds. The Labute approximate surface area is 281 Å². The molecule has 0 N–H and O–H groups in total. The predicted octanol–water partition coefficient (Wildman–Crippen LogP) is 9.84. The molecule has 5 heterocycles. The van der Waals surface area contributed by atoms with E-state index in [1.165, 1.54) is 16.7 Å². The van der Waals surface area contributed by atoms with Gasteiger partial charge in [0.2, 0.25) is 5.71 Å². The van der Waals surface area contributed by atoms with Crippen LogP contribution in [0.5, 0.6) is 0 Å². The largest absolute Gasteiger partial charge is 0.486 e. The van der Waals surface area contributed by atoms with Crippen molar-refractivity contribution >= 4 is 33.0 Å². The van der Waals surface area contributed by atoms with Crippen LogP contribution in [-0.2, 0) is 20.1 Å². The molecule has 0 fully saturated rings. The number of aryl methyl sites for hydroxylation is 4. The molecule has 0 unspecified atom stereocenters. The van der Waals surface area contributed by atoms with E-state index in [9.17, 15) is 0 Å². The number of furan rings is 1. The van der Waals surface area contributed by atoms with Crippen molar-refractivity contribution in [2.45, 2.75) is 27.7 Å². The zero-order valence-corrected chi connectivity index (χ0v) is 28.3. The van der Waals surface area contributed by atoms with Crippen molar-refractivity contribution in [2.75, 3.05) is 0 Å². The average molecular weight is 775 g/mol. The third-order valence-corrected chi connectivity index (χ3v) is 8.04. The minimum absolute atomic E-state index is 0. The van der Waals surface area contributed by atoms with Crippen LogP contribution in [0.15, 0.2) is 114 Å². The minimum atomic E-state index is 0. The fraction of sp³-hybridized carbons (Fsp3) is 0.100. The molecule has 0 aliphatic rings. The van der Waals surface area contributed by atoms with E-state index in [1.54, 1.807) is 0 Å². The summed E-state index contributed by atoms with van der Waals surface area (Å²) in [6.45, 7) is 8.25. The average Bonchev–Trinajstić information content (AvgIpc) is 3.44. The van der Waals surface area contributed by atoms with Crippen molar-refractivity contribution in [1.29, 1.82) is 0 Å². The molecule has 0 spiro atoms. The summed E-state index contributed by atoms with van der Waals surface area (Å²) < 4.78 is 6.19. The quantitative estimate of drug-likeness (QED) is 0.167. The van der Waals surface area contributed by atoms with Crippen LogP contribution in [0.1, 0.15) is 22.4 Å². The number of hydrogen-bond acceptors (Lipinski definition) is 5. The van der Waals surface area contributed by atoms with Crippen molar-refractivity contribution in [3.05, 3.63) is 144 Å². The molecule has 0 saturated carbocycles. The Bertz CT molecular complexity index is 2310. The second-order valence-electron chi connectivity index (χ2n) is 11.2. The Kier molecular flexibility index (Phi) is 8.85. The van der Waals surface area contributed by atoms with Crippen LogP contribution in [0.4, 0.5) is 0 Å². The summed E-state index contributed by atoms with van der Waals surface area (Å²) in [5.41, 5.74) is 12.9. The Morgan fingerprint density at radius 3 is 2.33 bits per heavy atom. The van der Waals surface area contributed by atoms with Crippen molar-refractivity contribution < 1.29 is 24.5 Å². The van der Waals surface area contributed by atoms with Crippen molar-refractivity contribution in [2.24, 2.45) is 0 Å². The van der Waals surface area contributed by atoms with Gasteiger partial charge < -0.3 is 14.4 Å². The van der Waals surface area contributed by atoms with Crippen molar-refractivity contribution in [3.8, 4) is 33.6 Å². The fourth-order valence-electron chi connectivity index (χ4n) is 5.63. The number of benzene rings is 3. The molecule has 0 atom stereocenters. The van der Waals surface area contributed by atoms with Crippen LogP contribution >= 0.6 is 0 Å². The third-order valence-electron chi connectivity index (χ3n) is 8.04. The summed E-state index contributed by atoms with van der Waals surface area (Å²) in [5, 5.41) is 3.19. The molecule has 46 heavy (non-hydrogen) atoms. The fourth-order valence-corrected chi connectivity index (χ4v) is 5.63. The number of pyridine rings is 4. The van der Waals surface area contributed by atoms with E-state index in [-0.39, 0.29) is 20.1 Å². The van der Waals surface area contributed by atoms with Gasteiger partial charge in [-0.25, -0.2) is 4.98 Å². The van der Waals surface area contributed by atoms with Gasteiger partial charge in [-0.2, -0.15) is 0 Å². The molecule has 5 aromatic heterocycles. The van der Waals surface area contributed by atoms with E-state index in [0.29, 0.717) is 5.71 Å². The summed E-state index contributed by atoms with van der Waals surface area (Å²) in [6.07, 6.45) is 5.63. The van der Waals surface area contributed by atoms with Gasteiger partial charge in [0.05, 0.1) is 11.1 Å². The maximum atomic E-state index is 6.19. The zero-order valence-electron chi connectivity index (χ0n) is 25.9. The van der Waals surface area contributed by atoms with Gasteiger partial charge in [-0.15, -0.1) is 54.1 Å². The number of aromatic nitrogens is 4. The third kappa shape index (κ3) is 5.97. The first-order valence-corrected chi connectivity index (χ1v) is 14.9. The molecule has 227 valence electrons. The first-order chi connectivity index (χ1) is 22.0. The summed E-state index contributed by atoms with van der Waals surface area (Å²) in [7, 11) is 0. The number of nitrogens with zero attached hydrogens (tertiary/aromatic N) is 4. The number of fused-ring (bicyclic) bond motifs is 4. The van der Waals surface area contributed by atoms with Gasteiger partial charge in [-0.1, -0.05) is 41.3 Å². The first kappa shape index (κ1) is 31.0. The van der Waals surface area contributed by atoms with Gasteiger partial charge in [0, 0.05) is 55.2 Å².